The topological polar surface area (TPSA) is 52.3 Å². The van der Waals surface area contributed by atoms with Crippen molar-refractivity contribution >= 4 is 5.97 Å². The second-order valence-electron chi connectivity index (χ2n) is 3.38. The molecule has 0 saturated carbocycles. The molecule has 1 aromatic rings. The van der Waals surface area contributed by atoms with Crippen molar-refractivity contribution in [3.05, 3.63) is 35.9 Å². The molecule has 3 nitrogen and oxygen atoms in total. The molecule has 1 aromatic carbocycles. The summed E-state index contributed by atoms with van der Waals surface area (Å²) in [6.45, 7) is 2.17. The van der Waals surface area contributed by atoms with Crippen LogP contribution in [0.4, 0.5) is 0 Å². The monoisotopic (exact) mass is 207 g/mol. The lowest BCUT2D eigenvalue weighted by molar-refractivity contribution is -0.144. The summed E-state index contributed by atoms with van der Waals surface area (Å²) in [4.78, 5) is 11.2. The number of aryl methyl sites for hydroxylation is 1. The van der Waals surface area contributed by atoms with E-state index in [9.17, 15) is 4.79 Å². The predicted octanol–water partition coefficient (Wildman–Crippen LogP) is 1.51. The van der Waals surface area contributed by atoms with E-state index in [-0.39, 0.29) is 5.97 Å². The molecule has 0 aliphatic carbocycles. The van der Waals surface area contributed by atoms with Gasteiger partial charge in [0.1, 0.15) is 6.04 Å². The standard InChI is InChI=1S/C12H17NO2/c1-2-15-12(14)11(13)9-8-10-6-4-3-5-7-10/h3-7,11H,2,8-9,13H2,1H3. The largest absolute Gasteiger partial charge is 0.465 e. The van der Waals surface area contributed by atoms with Crippen LogP contribution in [0, 0.1) is 0 Å². The van der Waals surface area contributed by atoms with E-state index in [1.807, 2.05) is 30.3 Å². The Morgan fingerprint density at radius 2 is 2.07 bits per heavy atom. The van der Waals surface area contributed by atoms with Gasteiger partial charge < -0.3 is 10.5 Å². The normalized spacial score (nSPS) is 12.1. The van der Waals surface area contributed by atoms with E-state index in [2.05, 4.69) is 0 Å². The first-order valence-electron chi connectivity index (χ1n) is 5.20. The van der Waals surface area contributed by atoms with Crippen LogP contribution < -0.4 is 5.73 Å². The molecule has 0 bridgehead atoms. The second-order valence-corrected chi connectivity index (χ2v) is 3.38. The van der Waals surface area contributed by atoms with Gasteiger partial charge in [-0.2, -0.15) is 0 Å². The Kier molecular flexibility index (Phi) is 4.84. The molecule has 0 spiro atoms. The summed E-state index contributed by atoms with van der Waals surface area (Å²) in [6, 6.07) is 9.46. The SMILES string of the molecule is CCOC(=O)C(N)CCc1ccccc1. The Bertz CT molecular complexity index is 298. The van der Waals surface area contributed by atoms with Crippen LogP contribution in [0.3, 0.4) is 0 Å². The van der Waals surface area contributed by atoms with Crippen LogP contribution in [0.25, 0.3) is 0 Å². The van der Waals surface area contributed by atoms with Crippen molar-refractivity contribution in [1.29, 1.82) is 0 Å². The number of esters is 1. The average Bonchev–Trinajstić information content (AvgIpc) is 2.27. The summed E-state index contributed by atoms with van der Waals surface area (Å²) in [7, 11) is 0. The maximum atomic E-state index is 11.2. The summed E-state index contributed by atoms with van der Waals surface area (Å²) in [6.07, 6.45) is 1.43. The zero-order valence-electron chi connectivity index (χ0n) is 8.98. The van der Waals surface area contributed by atoms with E-state index in [0.717, 1.165) is 6.42 Å². The molecular formula is C12H17NO2. The van der Waals surface area contributed by atoms with Gasteiger partial charge in [-0.3, -0.25) is 4.79 Å². The number of carbonyl (C=O) groups is 1. The fraction of sp³-hybridized carbons (Fsp3) is 0.417. The zero-order valence-corrected chi connectivity index (χ0v) is 8.98. The van der Waals surface area contributed by atoms with Gasteiger partial charge in [0.05, 0.1) is 6.61 Å². The first kappa shape index (κ1) is 11.7. The summed E-state index contributed by atoms with van der Waals surface area (Å²) >= 11 is 0. The van der Waals surface area contributed by atoms with Gasteiger partial charge in [-0.25, -0.2) is 0 Å². The Morgan fingerprint density at radius 1 is 1.40 bits per heavy atom. The van der Waals surface area contributed by atoms with Crippen LogP contribution >= 0.6 is 0 Å². The Labute approximate surface area is 90.2 Å². The number of hydrogen-bond acceptors (Lipinski definition) is 3. The number of nitrogens with two attached hydrogens (primary N) is 1. The van der Waals surface area contributed by atoms with Crippen LogP contribution in [0.2, 0.25) is 0 Å². The summed E-state index contributed by atoms with van der Waals surface area (Å²) < 4.78 is 4.83. The van der Waals surface area contributed by atoms with Gasteiger partial charge in [0.25, 0.3) is 0 Å². The molecule has 0 aliphatic rings. The molecule has 3 heteroatoms. The third kappa shape index (κ3) is 4.13. The van der Waals surface area contributed by atoms with Crippen molar-refractivity contribution in [3.63, 3.8) is 0 Å². The van der Waals surface area contributed by atoms with Crippen LogP contribution in [-0.2, 0) is 16.0 Å². The molecule has 15 heavy (non-hydrogen) atoms. The van der Waals surface area contributed by atoms with E-state index in [1.54, 1.807) is 6.92 Å². The Hall–Kier alpha value is -1.35. The maximum absolute atomic E-state index is 11.2. The highest BCUT2D eigenvalue weighted by molar-refractivity contribution is 5.75. The van der Waals surface area contributed by atoms with E-state index in [0.29, 0.717) is 13.0 Å². The molecule has 1 rings (SSSR count). The van der Waals surface area contributed by atoms with Gasteiger partial charge in [-0.15, -0.1) is 0 Å². The van der Waals surface area contributed by atoms with Gasteiger partial charge in [-0.05, 0) is 25.3 Å². The number of ether oxygens (including phenoxy) is 1. The van der Waals surface area contributed by atoms with Crippen molar-refractivity contribution in [2.75, 3.05) is 6.61 Å². The highest BCUT2D eigenvalue weighted by Crippen LogP contribution is 2.04. The van der Waals surface area contributed by atoms with E-state index >= 15 is 0 Å². The Morgan fingerprint density at radius 3 is 2.67 bits per heavy atom. The van der Waals surface area contributed by atoms with Crippen LogP contribution in [0.1, 0.15) is 18.9 Å². The zero-order chi connectivity index (χ0) is 11.1. The molecule has 0 radical (unpaired) electrons. The number of hydrogen-bond donors (Lipinski definition) is 1. The van der Waals surface area contributed by atoms with Gasteiger partial charge in [0, 0.05) is 0 Å². The lowest BCUT2D eigenvalue weighted by atomic mass is 10.1. The summed E-state index contributed by atoms with van der Waals surface area (Å²) in [5.41, 5.74) is 6.87. The molecule has 0 saturated heterocycles. The quantitative estimate of drug-likeness (QED) is 0.744. The minimum absolute atomic E-state index is 0.312. The molecule has 0 amide bonds. The smallest absolute Gasteiger partial charge is 0.322 e. The third-order valence-corrected chi connectivity index (χ3v) is 2.18. The van der Waals surface area contributed by atoms with Crippen LogP contribution in [0.5, 0.6) is 0 Å². The first-order chi connectivity index (χ1) is 7.24. The van der Waals surface area contributed by atoms with Gasteiger partial charge in [0.15, 0.2) is 0 Å². The molecule has 0 fully saturated rings. The molecule has 0 aromatic heterocycles. The lowest BCUT2D eigenvalue weighted by Crippen LogP contribution is -2.32. The van der Waals surface area contributed by atoms with Crippen LogP contribution in [0.15, 0.2) is 30.3 Å². The molecular weight excluding hydrogens is 190 g/mol. The van der Waals surface area contributed by atoms with Crippen molar-refractivity contribution < 1.29 is 9.53 Å². The summed E-state index contributed by atoms with van der Waals surface area (Å²) in [5.74, 6) is -0.312. The van der Waals surface area contributed by atoms with Gasteiger partial charge in [0.2, 0.25) is 0 Å². The van der Waals surface area contributed by atoms with E-state index in [1.165, 1.54) is 5.56 Å². The van der Waals surface area contributed by atoms with Crippen molar-refractivity contribution in [2.45, 2.75) is 25.8 Å². The second kappa shape index (κ2) is 6.19. The van der Waals surface area contributed by atoms with Crippen molar-refractivity contribution in [3.8, 4) is 0 Å². The molecule has 0 aliphatic heterocycles. The summed E-state index contributed by atoms with van der Waals surface area (Å²) in [5, 5.41) is 0. The fourth-order valence-electron chi connectivity index (χ4n) is 1.33. The van der Waals surface area contributed by atoms with Crippen LogP contribution in [-0.4, -0.2) is 18.6 Å². The molecule has 0 heterocycles. The highest BCUT2D eigenvalue weighted by Gasteiger charge is 2.13. The average molecular weight is 207 g/mol. The molecule has 1 unspecified atom stereocenters. The first-order valence-corrected chi connectivity index (χ1v) is 5.20. The maximum Gasteiger partial charge on any atom is 0.322 e. The van der Waals surface area contributed by atoms with E-state index in [4.69, 9.17) is 10.5 Å². The number of benzene rings is 1. The highest BCUT2D eigenvalue weighted by atomic mass is 16.5. The number of carbonyl (C=O) groups excluding carboxylic acids is 1. The Balaban J connectivity index is 2.34. The fourth-order valence-corrected chi connectivity index (χ4v) is 1.33. The van der Waals surface area contributed by atoms with Crippen molar-refractivity contribution in [2.24, 2.45) is 5.73 Å². The predicted molar refractivity (Wildman–Crippen MR) is 59.4 cm³/mol. The third-order valence-electron chi connectivity index (χ3n) is 2.18. The van der Waals surface area contributed by atoms with Gasteiger partial charge >= 0.3 is 5.97 Å². The lowest BCUT2D eigenvalue weighted by Gasteiger charge is -2.09. The molecule has 82 valence electrons. The molecule has 1 atom stereocenters. The van der Waals surface area contributed by atoms with Crippen molar-refractivity contribution in [1.82, 2.24) is 0 Å². The van der Waals surface area contributed by atoms with Gasteiger partial charge in [-0.1, -0.05) is 30.3 Å². The number of rotatable bonds is 5. The molecule has 2 N–H and O–H groups in total. The van der Waals surface area contributed by atoms with E-state index < -0.39 is 6.04 Å². The minimum Gasteiger partial charge on any atom is -0.465 e. The minimum atomic E-state index is -0.509.